The molecular weight excluding hydrogens is 388 g/mol. The number of rotatable bonds is 9. The van der Waals surface area contributed by atoms with Gasteiger partial charge in [-0.25, -0.2) is 0 Å². The van der Waals surface area contributed by atoms with Crippen LogP contribution in [0.25, 0.3) is 0 Å². The van der Waals surface area contributed by atoms with Crippen LogP contribution < -0.4 is 0 Å². The molecule has 1 atom stereocenters. The molecule has 0 aromatic heterocycles. The summed E-state index contributed by atoms with van der Waals surface area (Å²) in [6, 6.07) is 8.47. The Bertz CT molecular complexity index is 703. The maximum atomic E-state index is 9.80. The minimum absolute atomic E-state index is 0.374. The van der Waals surface area contributed by atoms with Crippen molar-refractivity contribution in [3.63, 3.8) is 0 Å². The molecule has 1 aromatic carbocycles. The van der Waals surface area contributed by atoms with Gasteiger partial charge in [0, 0.05) is 45.5 Å². The van der Waals surface area contributed by atoms with Crippen molar-refractivity contribution in [3.8, 4) is 11.8 Å². The van der Waals surface area contributed by atoms with Crippen LogP contribution in [0.15, 0.2) is 24.3 Å². The highest BCUT2D eigenvalue weighted by atomic mass is 16.5. The Labute approximate surface area is 188 Å². The highest BCUT2D eigenvalue weighted by molar-refractivity contribution is 5.37. The predicted octanol–water partition coefficient (Wildman–Crippen LogP) is 3.15. The van der Waals surface area contributed by atoms with E-state index in [2.05, 4.69) is 45.9 Å². The smallest absolute Gasteiger partial charge is 0.120 e. The minimum Gasteiger partial charge on any atom is -0.383 e. The van der Waals surface area contributed by atoms with Crippen molar-refractivity contribution in [2.24, 2.45) is 5.92 Å². The maximum Gasteiger partial charge on any atom is 0.120 e. The first-order valence-corrected chi connectivity index (χ1v) is 11.8. The molecular formula is C26H40N2O3. The van der Waals surface area contributed by atoms with E-state index in [0.29, 0.717) is 6.10 Å². The first-order chi connectivity index (χ1) is 14.9. The van der Waals surface area contributed by atoms with Gasteiger partial charge in [0.15, 0.2) is 0 Å². The zero-order valence-corrected chi connectivity index (χ0v) is 19.6. The summed E-state index contributed by atoms with van der Waals surface area (Å²) >= 11 is 0. The summed E-state index contributed by atoms with van der Waals surface area (Å²) in [5.74, 6) is 6.69. The largest absolute Gasteiger partial charge is 0.383 e. The van der Waals surface area contributed by atoms with Gasteiger partial charge in [-0.2, -0.15) is 0 Å². The molecule has 3 rings (SSSR count). The maximum absolute atomic E-state index is 9.80. The highest BCUT2D eigenvalue weighted by Gasteiger charge is 2.24. The van der Waals surface area contributed by atoms with Gasteiger partial charge >= 0.3 is 0 Å². The molecule has 1 unspecified atom stereocenters. The zero-order valence-electron chi connectivity index (χ0n) is 19.6. The van der Waals surface area contributed by atoms with E-state index >= 15 is 0 Å². The summed E-state index contributed by atoms with van der Waals surface area (Å²) < 4.78 is 11.2. The van der Waals surface area contributed by atoms with Gasteiger partial charge in [0.2, 0.25) is 0 Å². The average Bonchev–Trinajstić information content (AvgIpc) is 3.25. The van der Waals surface area contributed by atoms with E-state index in [1.807, 2.05) is 0 Å². The Balaban J connectivity index is 1.56. The van der Waals surface area contributed by atoms with E-state index in [0.717, 1.165) is 50.9 Å². The van der Waals surface area contributed by atoms with Gasteiger partial charge < -0.3 is 19.5 Å². The van der Waals surface area contributed by atoms with Crippen LogP contribution in [0.4, 0.5) is 0 Å². The number of hydrogen-bond acceptors (Lipinski definition) is 5. The molecule has 172 valence electrons. The molecule has 1 aromatic rings. The second-order valence-electron chi connectivity index (χ2n) is 9.61. The molecule has 2 saturated heterocycles. The summed E-state index contributed by atoms with van der Waals surface area (Å²) in [6.45, 7) is 11.7. The third kappa shape index (κ3) is 8.92. The lowest BCUT2D eigenvalue weighted by Gasteiger charge is -2.35. The van der Waals surface area contributed by atoms with Crippen LogP contribution in [-0.4, -0.2) is 79.7 Å². The number of methoxy groups -OCH3 is 1. The summed E-state index contributed by atoms with van der Waals surface area (Å²) in [5.41, 5.74) is 1.29. The van der Waals surface area contributed by atoms with Gasteiger partial charge in [-0.05, 0) is 76.2 Å². The minimum atomic E-state index is -0.962. The Morgan fingerprint density at radius 3 is 2.52 bits per heavy atom. The Hall–Kier alpha value is -1.42. The fourth-order valence-corrected chi connectivity index (χ4v) is 4.43. The summed E-state index contributed by atoms with van der Waals surface area (Å²) in [6.07, 6.45) is 5.26. The van der Waals surface area contributed by atoms with Crippen molar-refractivity contribution in [2.45, 2.75) is 57.8 Å². The van der Waals surface area contributed by atoms with Crippen molar-refractivity contribution >= 4 is 0 Å². The molecule has 0 radical (unpaired) electrons. The second-order valence-corrected chi connectivity index (χ2v) is 9.61. The fraction of sp³-hybridized carbons (Fsp3) is 0.692. The molecule has 0 amide bonds. The van der Waals surface area contributed by atoms with Crippen LogP contribution in [0.5, 0.6) is 0 Å². The molecule has 0 bridgehead atoms. The van der Waals surface area contributed by atoms with Crippen molar-refractivity contribution in [3.05, 3.63) is 35.4 Å². The first kappa shape index (κ1) is 24.2. The lowest BCUT2D eigenvalue weighted by molar-refractivity contribution is 0.0552. The monoisotopic (exact) mass is 428 g/mol. The fourth-order valence-electron chi connectivity index (χ4n) is 4.43. The molecule has 31 heavy (non-hydrogen) atoms. The standard InChI is InChI=1S/C26H40N2O3/c1-26(2,29)13-10-22-6-8-23(9-7-22)19-28(21-25-5-4-17-31-25)20-24-11-14-27(15-12-24)16-18-30-3/h6-9,24-25,29H,4-5,11-12,14-21H2,1-3H3. The Morgan fingerprint density at radius 1 is 1.16 bits per heavy atom. The summed E-state index contributed by atoms with van der Waals surface area (Å²) in [5, 5.41) is 9.80. The molecule has 0 saturated carbocycles. The van der Waals surface area contributed by atoms with Crippen molar-refractivity contribution in [2.75, 3.05) is 53.0 Å². The van der Waals surface area contributed by atoms with Gasteiger partial charge in [-0.1, -0.05) is 24.0 Å². The van der Waals surface area contributed by atoms with E-state index in [4.69, 9.17) is 9.47 Å². The number of benzene rings is 1. The van der Waals surface area contributed by atoms with E-state index in [1.165, 1.54) is 44.3 Å². The van der Waals surface area contributed by atoms with Crippen molar-refractivity contribution < 1.29 is 14.6 Å². The molecule has 5 heteroatoms. The van der Waals surface area contributed by atoms with Gasteiger partial charge in [-0.15, -0.1) is 0 Å². The summed E-state index contributed by atoms with van der Waals surface area (Å²) in [4.78, 5) is 5.13. The van der Waals surface area contributed by atoms with Crippen LogP contribution in [0, 0.1) is 17.8 Å². The number of aliphatic hydroxyl groups is 1. The van der Waals surface area contributed by atoms with E-state index in [1.54, 1.807) is 21.0 Å². The van der Waals surface area contributed by atoms with Crippen molar-refractivity contribution in [1.29, 1.82) is 0 Å². The molecule has 0 aliphatic carbocycles. The molecule has 5 nitrogen and oxygen atoms in total. The van der Waals surface area contributed by atoms with Gasteiger partial charge in [0.25, 0.3) is 0 Å². The topological polar surface area (TPSA) is 45.2 Å². The molecule has 1 N–H and O–H groups in total. The SMILES string of the molecule is COCCN1CCC(CN(Cc2ccc(C#CC(C)(C)O)cc2)CC2CCCO2)CC1. The van der Waals surface area contributed by atoms with Crippen LogP contribution in [0.3, 0.4) is 0 Å². The van der Waals surface area contributed by atoms with Crippen LogP contribution >= 0.6 is 0 Å². The zero-order chi connectivity index (χ0) is 22.1. The molecule has 2 fully saturated rings. The van der Waals surface area contributed by atoms with Crippen LogP contribution in [-0.2, 0) is 16.0 Å². The third-order valence-corrected chi connectivity index (χ3v) is 6.19. The van der Waals surface area contributed by atoms with E-state index in [-0.39, 0.29) is 0 Å². The predicted molar refractivity (Wildman–Crippen MR) is 125 cm³/mol. The quantitative estimate of drug-likeness (QED) is 0.612. The number of ether oxygens (including phenoxy) is 2. The molecule has 2 aliphatic rings. The van der Waals surface area contributed by atoms with Gasteiger partial charge in [0.05, 0.1) is 12.7 Å². The highest BCUT2D eigenvalue weighted by Crippen LogP contribution is 2.22. The Morgan fingerprint density at radius 2 is 1.90 bits per heavy atom. The Kier molecular flexibility index (Phi) is 9.37. The van der Waals surface area contributed by atoms with Crippen LogP contribution in [0.1, 0.15) is 50.7 Å². The molecule has 2 heterocycles. The number of hydrogen-bond donors (Lipinski definition) is 1. The molecule has 0 spiro atoms. The first-order valence-electron chi connectivity index (χ1n) is 11.8. The number of nitrogens with zero attached hydrogens (tertiary/aromatic N) is 2. The molecule has 2 aliphatic heterocycles. The number of piperidine rings is 1. The average molecular weight is 429 g/mol. The number of likely N-dealkylation sites (tertiary alicyclic amines) is 1. The van der Waals surface area contributed by atoms with E-state index in [9.17, 15) is 5.11 Å². The van der Waals surface area contributed by atoms with Crippen LogP contribution in [0.2, 0.25) is 0 Å². The normalized spacial score (nSPS) is 20.7. The summed E-state index contributed by atoms with van der Waals surface area (Å²) in [7, 11) is 1.78. The van der Waals surface area contributed by atoms with Crippen molar-refractivity contribution in [1.82, 2.24) is 9.80 Å². The lowest BCUT2D eigenvalue weighted by atomic mass is 9.95. The lowest BCUT2D eigenvalue weighted by Crippen LogP contribution is -2.41. The second kappa shape index (κ2) is 12.0. The van der Waals surface area contributed by atoms with Gasteiger partial charge in [-0.3, -0.25) is 4.90 Å². The van der Waals surface area contributed by atoms with Gasteiger partial charge in [0.1, 0.15) is 5.60 Å². The van der Waals surface area contributed by atoms with E-state index < -0.39 is 5.60 Å². The third-order valence-electron chi connectivity index (χ3n) is 6.19.